The number of halogens is 4. The van der Waals surface area contributed by atoms with Crippen LogP contribution in [0.2, 0.25) is 5.02 Å². The quantitative estimate of drug-likeness (QED) is 0.345. The highest BCUT2D eigenvalue weighted by Crippen LogP contribution is 2.36. The predicted octanol–water partition coefficient (Wildman–Crippen LogP) is 5.78. The number of nitrogens with one attached hydrogen (secondary N) is 1. The zero-order valence-corrected chi connectivity index (χ0v) is 21.8. The normalized spacial score (nSPS) is 17.8. The average molecular weight is 557 g/mol. The Morgan fingerprint density at radius 1 is 1.13 bits per heavy atom. The molecule has 3 aromatic heterocycles. The van der Waals surface area contributed by atoms with E-state index in [-0.39, 0.29) is 22.5 Å². The minimum absolute atomic E-state index is 0.141. The fourth-order valence-corrected chi connectivity index (χ4v) is 5.03. The number of anilines is 1. The van der Waals surface area contributed by atoms with E-state index in [0.717, 1.165) is 23.8 Å². The Morgan fingerprint density at radius 3 is 2.67 bits per heavy atom. The Bertz CT molecular complexity index is 1620. The van der Waals surface area contributed by atoms with Crippen molar-refractivity contribution in [2.24, 2.45) is 13.0 Å². The van der Waals surface area contributed by atoms with Crippen LogP contribution in [0.4, 0.5) is 18.9 Å². The average Bonchev–Trinajstić information content (AvgIpc) is 3.27. The first-order valence-corrected chi connectivity index (χ1v) is 12.7. The molecule has 0 radical (unpaired) electrons. The molecule has 4 heterocycles. The smallest absolute Gasteiger partial charge is 0.264 e. The Kier molecular flexibility index (Phi) is 7.26. The number of amides is 1. The van der Waals surface area contributed by atoms with E-state index < -0.39 is 35.0 Å². The van der Waals surface area contributed by atoms with E-state index in [9.17, 15) is 22.8 Å². The lowest BCUT2D eigenvalue weighted by Gasteiger charge is -2.22. The van der Waals surface area contributed by atoms with Crippen LogP contribution in [0.5, 0.6) is 0 Å². The molecule has 12 heteroatoms. The van der Waals surface area contributed by atoms with Gasteiger partial charge in [-0.3, -0.25) is 23.8 Å². The molecule has 1 aliphatic rings. The van der Waals surface area contributed by atoms with Gasteiger partial charge < -0.3 is 5.32 Å². The fraction of sp³-hybridized carbons (Fsp3) is 0.296. The highest BCUT2D eigenvalue weighted by atomic mass is 35.5. The molecule has 2 atom stereocenters. The van der Waals surface area contributed by atoms with Crippen molar-refractivity contribution >= 4 is 23.2 Å². The van der Waals surface area contributed by atoms with Gasteiger partial charge in [-0.25, -0.2) is 18.2 Å². The standard InChI is InChI=1S/C27H24ClF3N6O2/c1-14-4-3-5-21(18-10-15(8-9-32-18)25-20(35-27(14)39)12-34-36(25)2)37-13-33-19(11-22(37)38)23-16(26(30)31)6-7-17(28)24(23)29/h6-14,21,26H,3-5H2,1-2H3,(H,35,39)/t14-,21+/m1/s1. The molecule has 1 aromatic carbocycles. The highest BCUT2D eigenvalue weighted by Gasteiger charge is 2.25. The van der Waals surface area contributed by atoms with Gasteiger partial charge in [0.2, 0.25) is 5.91 Å². The second kappa shape index (κ2) is 10.6. The molecule has 0 saturated heterocycles. The van der Waals surface area contributed by atoms with Crippen LogP contribution in [-0.2, 0) is 11.8 Å². The molecule has 4 aromatic rings. The van der Waals surface area contributed by atoms with E-state index in [1.807, 2.05) is 13.0 Å². The highest BCUT2D eigenvalue weighted by molar-refractivity contribution is 6.31. The zero-order chi connectivity index (χ0) is 27.8. The van der Waals surface area contributed by atoms with E-state index >= 15 is 0 Å². The van der Waals surface area contributed by atoms with Gasteiger partial charge in [-0.2, -0.15) is 5.10 Å². The zero-order valence-electron chi connectivity index (χ0n) is 21.0. The summed E-state index contributed by atoms with van der Waals surface area (Å²) in [5.74, 6) is -1.52. The van der Waals surface area contributed by atoms with Crippen LogP contribution in [0.25, 0.3) is 22.5 Å². The van der Waals surface area contributed by atoms with Gasteiger partial charge >= 0.3 is 0 Å². The van der Waals surface area contributed by atoms with Crippen LogP contribution in [-0.4, -0.2) is 30.2 Å². The van der Waals surface area contributed by atoms with Crippen LogP contribution < -0.4 is 10.9 Å². The van der Waals surface area contributed by atoms with E-state index in [1.54, 1.807) is 30.2 Å². The Morgan fingerprint density at radius 2 is 1.92 bits per heavy atom. The number of aryl methyl sites for hydroxylation is 1. The number of fused-ring (bicyclic) bond motifs is 4. The number of hydrogen-bond acceptors (Lipinski definition) is 5. The molecule has 0 aliphatic carbocycles. The van der Waals surface area contributed by atoms with Crippen LogP contribution >= 0.6 is 11.6 Å². The maximum absolute atomic E-state index is 14.8. The number of hydrogen-bond donors (Lipinski definition) is 1. The number of nitrogens with zero attached hydrogens (tertiary/aromatic N) is 5. The van der Waals surface area contributed by atoms with E-state index in [4.69, 9.17) is 11.6 Å². The van der Waals surface area contributed by atoms with Crippen molar-refractivity contribution in [3.8, 4) is 22.5 Å². The SMILES string of the molecule is C[C@@H]1CCC[C@H](n2cnc(-c3c(C(F)F)ccc(Cl)c3F)cc2=O)c2cc(ccn2)-c2c(cnn2C)NC1=O. The summed E-state index contributed by atoms with van der Waals surface area (Å²) in [6.45, 7) is 1.83. The number of carbonyl (C=O) groups excluding carboxylic acids is 1. The van der Waals surface area contributed by atoms with Crippen LogP contribution in [0.3, 0.4) is 0 Å². The molecule has 2 bridgehead atoms. The summed E-state index contributed by atoms with van der Waals surface area (Å²) in [5.41, 5.74) is 0.597. The summed E-state index contributed by atoms with van der Waals surface area (Å²) in [6.07, 6.45) is 2.98. The number of benzene rings is 1. The minimum Gasteiger partial charge on any atom is -0.323 e. The molecule has 1 aliphatic heterocycles. The number of pyridine rings is 1. The summed E-state index contributed by atoms with van der Waals surface area (Å²) >= 11 is 5.85. The van der Waals surface area contributed by atoms with Crippen LogP contribution in [0.15, 0.2) is 53.8 Å². The third-order valence-corrected chi connectivity index (χ3v) is 7.24. The molecule has 8 nitrogen and oxygen atoms in total. The summed E-state index contributed by atoms with van der Waals surface area (Å²) in [4.78, 5) is 34.9. The molecular weight excluding hydrogens is 533 g/mol. The molecule has 5 rings (SSSR count). The van der Waals surface area contributed by atoms with Crippen molar-refractivity contribution in [3.05, 3.63) is 81.5 Å². The maximum atomic E-state index is 14.8. The van der Waals surface area contributed by atoms with Gasteiger partial charge in [-0.05, 0) is 31.0 Å². The second-order valence-corrected chi connectivity index (χ2v) is 9.89. The van der Waals surface area contributed by atoms with Crippen molar-refractivity contribution < 1.29 is 18.0 Å². The largest absolute Gasteiger partial charge is 0.323 e. The predicted molar refractivity (Wildman–Crippen MR) is 140 cm³/mol. The minimum atomic E-state index is -3.00. The lowest BCUT2D eigenvalue weighted by Crippen LogP contribution is -2.27. The third-order valence-electron chi connectivity index (χ3n) is 6.94. The molecule has 0 fully saturated rings. The summed E-state index contributed by atoms with van der Waals surface area (Å²) < 4.78 is 45.1. The molecular formula is C27H24ClF3N6O2. The van der Waals surface area contributed by atoms with Gasteiger partial charge in [0, 0.05) is 41.9 Å². The lowest BCUT2D eigenvalue weighted by molar-refractivity contribution is -0.119. The number of alkyl halides is 2. The van der Waals surface area contributed by atoms with Crippen LogP contribution in [0, 0.1) is 11.7 Å². The molecule has 0 saturated carbocycles. The van der Waals surface area contributed by atoms with Crippen molar-refractivity contribution in [3.63, 3.8) is 0 Å². The van der Waals surface area contributed by atoms with E-state index in [1.165, 1.54) is 10.9 Å². The van der Waals surface area contributed by atoms with Crippen molar-refractivity contribution in [1.29, 1.82) is 0 Å². The van der Waals surface area contributed by atoms with Gasteiger partial charge in [-0.15, -0.1) is 0 Å². The van der Waals surface area contributed by atoms with E-state index in [2.05, 4.69) is 20.4 Å². The molecule has 202 valence electrons. The van der Waals surface area contributed by atoms with Gasteiger partial charge in [0.15, 0.2) is 5.82 Å². The number of carbonyl (C=O) groups is 1. The third kappa shape index (κ3) is 5.06. The van der Waals surface area contributed by atoms with Crippen LogP contribution in [0.1, 0.15) is 49.9 Å². The fourth-order valence-electron chi connectivity index (χ4n) is 4.87. The second-order valence-electron chi connectivity index (χ2n) is 9.48. The first kappa shape index (κ1) is 26.6. The Labute approximate surface area is 226 Å². The monoisotopic (exact) mass is 556 g/mol. The van der Waals surface area contributed by atoms with Crippen molar-refractivity contribution in [2.45, 2.75) is 38.7 Å². The Hall–Kier alpha value is -3.99. The molecule has 0 spiro atoms. The first-order chi connectivity index (χ1) is 18.7. The molecule has 1 amide bonds. The summed E-state index contributed by atoms with van der Waals surface area (Å²) in [7, 11) is 1.76. The summed E-state index contributed by atoms with van der Waals surface area (Å²) in [6, 6.07) is 6.10. The number of rotatable bonds is 3. The van der Waals surface area contributed by atoms with Gasteiger partial charge in [0.25, 0.3) is 12.0 Å². The topological polar surface area (TPSA) is 94.7 Å². The Balaban J connectivity index is 1.62. The first-order valence-electron chi connectivity index (χ1n) is 12.3. The van der Waals surface area contributed by atoms with Gasteiger partial charge in [0.05, 0.1) is 46.4 Å². The molecule has 0 unspecified atom stereocenters. The van der Waals surface area contributed by atoms with Gasteiger partial charge in [-0.1, -0.05) is 31.0 Å². The molecule has 39 heavy (non-hydrogen) atoms. The number of aromatic nitrogens is 5. The van der Waals surface area contributed by atoms with Gasteiger partial charge in [0.1, 0.15) is 0 Å². The molecule has 1 N–H and O–H groups in total. The van der Waals surface area contributed by atoms with Crippen molar-refractivity contribution in [1.82, 2.24) is 24.3 Å². The summed E-state index contributed by atoms with van der Waals surface area (Å²) in [5, 5.41) is 6.89. The van der Waals surface area contributed by atoms with E-state index in [0.29, 0.717) is 36.3 Å². The van der Waals surface area contributed by atoms with Crippen molar-refractivity contribution in [2.75, 3.05) is 5.32 Å². The maximum Gasteiger partial charge on any atom is 0.264 e. The lowest BCUT2D eigenvalue weighted by atomic mass is 9.97.